The standard InChI is InChI=1S/C16H19N5OS/c1-5-14-18-19-15(22-14)11(3)23-16-20-17-12(4)21(16)13-8-6-7-10(2)9-13/h6-9,11H,5H2,1-4H3/t11-/m1/s1. The van der Waals surface area contributed by atoms with Gasteiger partial charge in [0, 0.05) is 12.1 Å². The first-order valence-corrected chi connectivity index (χ1v) is 8.44. The van der Waals surface area contributed by atoms with Crippen LogP contribution in [0.5, 0.6) is 0 Å². The van der Waals surface area contributed by atoms with Crippen molar-refractivity contribution in [2.75, 3.05) is 0 Å². The molecule has 0 radical (unpaired) electrons. The molecule has 1 atom stereocenters. The summed E-state index contributed by atoms with van der Waals surface area (Å²) in [6.07, 6.45) is 0.739. The Morgan fingerprint density at radius 1 is 1.17 bits per heavy atom. The summed E-state index contributed by atoms with van der Waals surface area (Å²) in [7, 11) is 0. The molecule has 2 heterocycles. The fourth-order valence-electron chi connectivity index (χ4n) is 2.27. The van der Waals surface area contributed by atoms with E-state index in [-0.39, 0.29) is 5.25 Å². The van der Waals surface area contributed by atoms with Gasteiger partial charge in [0.05, 0.1) is 5.25 Å². The van der Waals surface area contributed by atoms with E-state index in [1.54, 1.807) is 11.8 Å². The molecule has 1 aromatic carbocycles. The SMILES string of the molecule is CCc1nnc([C@@H](C)Sc2nnc(C)n2-c2cccc(C)c2)o1. The molecule has 0 aliphatic rings. The van der Waals surface area contributed by atoms with E-state index >= 15 is 0 Å². The molecule has 0 unspecified atom stereocenters. The summed E-state index contributed by atoms with van der Waals surface area (Å²) in [5, 5.41) is 17.5. The van der Waals surface area contributed by atoms with E-state index in [2.05, 4.69) is 45.5 Å². The summed E-state index contributed by atoms with van der Waals surface area (Å²) in [5.41, 5.74) is 2.26. The number of nitrogens with zero attached hydrogens (tertiary/aromatic N) is 5. The fraction of sp³-hybridized carbons (Fsp3) is 0.375. The molecule has 0 aliphatic carbocycles. The zero-order valence-electron chi connectivity index (χ0n) is 13.6. The van der Waals surface area contributed by atoms with Crippen LogP contribution in [0, 0.1) is 13.8 Å². The lowest BCUT2D eigenvalue weighted by Gasteiger charge is -2.11. The van der Waals surface area contributed by atoms with Crippen molar-refractivity contribution in [1.29, 1.82) is 0 Å². The van der Waals surface area contributed by atoms with Gasteiger partial charge in [-0.05, 0) is 38.5 Å². The minimum atomic E-state index is 0.00922. The van der Waals surface area contributed by atoms with Crippen molar-refractivity contribution in [3.8, 4) is 5.69 Å². The Balaban J connectivity index is 1.89. The molecule has 120 valence electrons. The van der Waals surface area contributed by atoms with E-state index in [1.807, 2.05) is 31.4 Å². The van der Waals surface area contributed by atoms with Crippen LogP contribution in [-0.4, -0.2) is 25.0 Å². The van der Waals surface area contributed by atoms with E-state index in [4.69, 9.17) is 4.42 Å². The highest BCUT2D eigenvalue weighted by molar-refractivity contribution is 7.99. The van der Waals surface area contributed by atoms with Crippen molar-refractivity contribution in [3.63, 3.8) is 0 Å². The maximum Gasteiger partial charge on any atom is 0.229 e. The van der Waals surface area contributed by atoms with Crippen LogP contribution in [0.15, 0.2) is 33.8 Å². The van der Waals surface area contributed by atoms with Gasteiger partial charge in [-0.2, -0.15) is 0 Å². The molecule has 0 spiro atoms. The van der Waals surface area contributed by atoms with E-state index < -0.39 is 0 Å². The average molecular weight is 329 g/mol. The van der Waals surface area contributed by atoms with Crippen molar-refractivity contribution >= 4 is 11.8 Å². The van der Waals surface area contributed by atoms with Crippen LogP contribution in [0.2, 0.25) is 0 Å². The number of rotatable bonds is 5. The summed E-state index contributed by atoms with van der Waals surface area (Å²) in [6.45, 7) is 8.05. The number of hydrogen-bond donors (Lipinski definition) is 0. The minimum Gasteiger partial charge on any atom is -0.424 e. The van der Waals surface area contributed by atoms with Crippen LogP contribution >= 0.6 is 11.8 Å². The molecule has 0 saturated heterocycles. The molecule has 3 rings (SSSR count). The fourth-order valence-corrected chi connectivity index (χ4v) is 3.21. The summed E-state index contributed by atoms with van der Waals surface area (Å²) >= 11 is 1.56. The van der Waals surface area contributed by atoms with E-state index in [9.17, 15) is 0 Å². The summed E-state index contributed by atoms with van der Waals surface area (Å²) in [5.74, 6) is 2.12. The quantitative estimate of drug-likeness (QED) is 0.665. The highest BCUT2D eigenvalue weighted by atomic mass is 32.2. The number of thioether (sulfide) groups is 1. The molecule has 2 aromatic heterocycles. The van der Waals surface area contributed by atoms with Gasteiger partial charge in [0.1, 0.15) is 5.82 Å². The normalized spacial score (nSPS) is 12.5. The lowest BCUT2D eigenvalue weighted by Crippen LogP contribution is -2.01. The second-order valence-corrected chi connectivity index (χ2v) is 6.66. The molecular formula is C16H19N5OS. The maximum atomic E-state index is 5.64. The molecule has 0 saturated carbocycles. The van der Waals surface area contributed by atoms with E-state index in [1.165, 1.54) is 5.56 Å². The lowest BCUT2D eigenvalue weighted by molar-refractivity contribution is 0.456. The molecule has 0 N–H and O–H groups in total. The topological polar surface area (TPSA) is 69.6 Å². The molecule has 0 aliphatic heterocycles. The Labute approximate surface area is 139 Å². The Morgan fingerprint density at radius 3 is 2.70 bits per heavy atom. The number of aryl methyl sites for hydroxylation is 3. The van der Waals surface area contributed by atoms with Crippen LogP contribution in [0.4, 0.5) is 0 Å². The first kappa shape index (κ1) is 15.7. The molecule has 3 aromatic rings. The smallest absolute Gasteiger partial charge is 0.229 e. The summed E-state index contributed by atoms with van der Waals surface area (Å²) in [6, 6.07) is 8.28. The molecule has 6 nitrogen and oxygen atoms in total. The maximum absolute atomic E-state index is 5.64. The Kier molecular flexibility index (Phi) is 4.47. The highest BCUT2D eigenvalue weighted by Gasteiger charge is 2.20. The summed E-state index contributed by atoms with van der Waals surface area (Å²) in [4.78, 5) is 0. The predicted molar refractivity (Wildman–Crippen MR) is 88.8 cm³/mol. The minimum absolute atomic E-state index is 0.00922. The van der Waals surface area contributed by atoms with Gasteiger partial charge < -0.3 is 4.42 Å². The largest absolute Gasteiger partial charge is 0.424 e. The zero-order chi connectivity index (χ0) is 16.4. The predicted octanol–water partition coefficient (Wildman–Crippen LogP) is 3.68. The second kappa shape index (κ2) is 6.54. The second-order valence-electron chi connectivity index (χ2n) is 5.35. The third-order valence-corrected chi connectivity index (χ3v) is 4.50. The zero-order valence-corrected chi connectivity index (χ0v) is 14.5. The van der Waals surface area contributed by atoms with Crippen molar-refractivity contribution in [2.24, 2.45) is 0 Å². The number of benzene rings is 1. The van der Waals surface area contributed by atoms with Gasteiger partial charge in [0.2, 0.25) is 11.8 Å². The van der Waals surface area contributed by atoms with Gasteiger partial charge in [-0.25, -0.2) is 0 Å². The first-order valence-electron chi connectivity index (χ1n) is 7.56. The molecule has 0 fully saturated rings. The van der Waals surface area contributed by atoms with Crippen LogP contribution in [0.1, 0.15) is 42.3 Å². The Bertz CT molecular complexity index is 810. The lowest BCUT2D eigenvalue weighted by atomic mass is 10.2. The monoisotopic (exact) mass is 329 g/mol. The number of hydrogen-bond acceptors (Lipinski definition) is 6. The van der Waals surface area contributed by atoms with E-state index in [0.29, 0.717) is 11.8 Å². The third kappa shape index (κ3) is 3.29. The molecule has 23 heavy (non-hydrogen) atoms. The van der Waals surface area contributed by atoms with Crippen LogP contribution < -0.4 is 0 Å². The van der Waals surface area contributed by atoms with Crippen LogP contribution in [-0.2, 0) is 6.42 Å². The van der Waals surface area contributed by atoms with Gasteiger partial charge in [0.25, 0.3) is 0 Å². The van der Waals surface area contributed by atoms with Crippen molar-refractivity contribution in [2.45, 2.75) is 44.5 Å². The highest BCUT2D eigenvalue weighted by Crippen LogP contribution is 2.34. The molecule has 7 heteroatoms. The van der Waals surface area contributed by atoms with Crippen molar-refractivity contribution < 1.29 is 4.42 Å². The summed E-state index contributed by atoms with van der Waals surface area (Å²) < 4.78 is 7.68. The van der Waals surface area contributed by atoms with E-state index in [0.717, 1.165) is 23.1 Å². The third-order valence-electron chi connectivity index (χ3n) is 3.47. The van der Waals surface area contributed by atoms with Gasteiger partial charge in [-0.1, -0.05) is 30.8 Å². The number of aromatic nitrogens is 5. The van der Waals surface area contributed by atoms with Crippen LogP contribution in [0.25, 0.3) is 5.69 Å². The molecular weight excluding hydrogens is 310 g/mol. The van der Waals surface area contributed by atoms with Crippen molar-refractivity contribution in [3.05, 3.63) is 47.4 Å². The molecule has 0 amide bonds. The van der Waals surface area contributed by atoms with Gasteiger partial charge in [0.15, 0.2) is 5.16 Å². The average Bonchev–Trinajstić information content (AvgIpc) is 3.14. The van der Waals surface area contributed by atoms with Gasteiger partial charge in [-0.15, -0.1) is 20.4 Å². The van der Waals surface area contributed by atoms with Crippen LogP contribution in [0.3, 0.4) is 0 Å². The Morgan fingerprint density at radius 2 is 2.00 bits per heavy atom. The first-order chi connectivity index (χ1) is 11.1. The van der Waals surface area contributed by atoms with Gasteiger partial charge in [-0.3, -0.25) is 4.57 Å². The van der Waals surface area contributed by atoms with Crippen molar-refractivity contribution in [1.82, 2.24) is 25.0 Å². The molecule has 0 bridgehead atoms. The van der Waals surface area contributed by atoms with Gasteiger partial charge >= 0.3 is 0 Å². The Hall–Kier alpha value is -2.15.